The van der Waals surface area contributed by atoms with Gasteiger partial charge in [0.15, 0.2) is 6.10 Å². The van der Waals surface area contributed by atoms with Gasteiger partial charge >= 0.3 is 5.97 Å². The average Bonchev–Trinajstić information content (AvgIpc) is 2.67. The molecular formula is C21H27NO4S. The predicted octanol–water partition coefficient (Wildman–Crippen LogP) is 3.92. The lowest BCUT2D eigenvalue weighted by Gasteiger charge is -2.16. The molecule has 0 heterocycles. The first-order valence-electron chi connectivity index (χ1n) is 9.35. The Morgan fingerprint density at radius 3 is 2.70 bits per heavy atom. The van der Waals surface area contributed by atoms with Crippen LogP contribution in [0.5, 0.6) is 0 Å². The molecule has 146 valence electrons. The smallest absolute Gasteiger partial charge is 0.340 e. The summed E-state index contributed by atoms with van der Waals surface area (Å²) < 4.78 is 5.32. The Hall–Kier alpha value is -2.08. The molecule has 1 aliphatic carbocycles. The summed E-state index contributed by atoms with van der Waals surface area (Å²) in [6.45, 7) is 3.62. The summed E-state index contributed by atoms with van der Waals surface area (Å²) >= 11 is 1.29. The van der Waals surface area contributed by atoms with Crippen molar-refractivity contribution in [1.82, 2.24) is 5.32 Å². The quantitative estimate of drug-likeness (QED) is 0.394. The van der Waals surface area contributed by atoms with Crippen molar-refractivity contribution in [2.24, 2.45) is 0 Å². The van der Waals surface area contributed by atoms with Gasteiger partial charge in [-0.05, 0) is 58.1 Å². The first-order valence-corrected chi connectivity index (χ1v) is 10.3. The molecule has 5 nitrogen and oxygen atoms in total. The SMILES string of the molecule is CC(=O)CSc1ccccc1C(=O)O[C@@H](C)C(=O)NCCC1=CCCCC1. The van der Waals surface area contributed by atoms with Gasteiger partial charge in [0.25, 0.3) is 5.91 Å². The largest absolute Gasteiger partial charge is 0.449 e. The van der Waals surface area contributed by atoms with Crippen molar-refractivity contribution in [2.45, 2.75) is 57.0 Å². The Morgan fingerprint density at radius 1 is 1.22 bits per heavy atom. The average molecular weight is 390 g/mol. The highest BCUT2D eigenvalue weighted by atomic mass is 32.2. The number of nitrogens with one attached hydrogen (secondary N) is 1. The number of benzene rings is 1. The Bertz CT molecular complexity index is 714. The van der Waals surface area contributed by atoms with Crippen molar-refractivity contribution < 1.29 is 19.1 Å². The fraction of sp³-hybridized carbons (Fsp3) is 0.476. The fourth-order valence-electron chi connectivity index (χ4n) is 2.84. The molecule has 0 fully saturated rings. The molecule has 1 amide bonds. The summed E-state index contributed by atoms with van der Waals surface area (Å²) in [6.07, 6.45) is 6.92. The Balaban J connectivity index is 1.84. The van der Waals surface area contributed by atoms with E-state index in [9.17, 15) is 14.4 Å². The summed E-state index contributed by atoms with van der Waals surface area (Å²) in [5.74, 6) is -0.534. The summed E-state index contributed by atoms with van der Waals surface area (Å²) in [6, 6.07) is 6.95. The first kappa shape index (κ1) is 21.2. The molecule has 0 aliphatic heterocycles. The molecular weight excluding hydrogens is 362 g/mol. The van der Waals surface area contributed by atoms with E-state index in [2.05, 4.69) is 11.4 Å². The molecule has 2 rings (SSSR count). The van der Waals surface area contributed by atoms with Crippen LogP contribution >= 0.6 is 11.8 Å². The van der Waals surface area contributed by atoms with Crippen LogP contribution in [0, 0.1) is 0 Å². The monoisotopic (exact) mass is 389 g/mol. The number of hydrogen-bond acceptors (Lipinski definition) is 5. The van der Waals surface area contributed by atoms with Crippen LogP contribution in [0.2, 0.25) is 0 Å². The maximum atomic E-state index is 12.4. The molecule has 0 unspecified atom stereocenters. The minimum absolute atomic E-state index is 0.0315. The van der Waals surface area contributed by atoms with Crippen molar-refractivity contribution in [2.75, 3.05) is 12.3 Å². The van der Waals surface area contributed by atoms with Crippen molar-refractivity contribution in [3.63, 3.8) is 0 Å². The minimum atomic E-state index is -0.872. The standard InChI is InChI=1S/C21H27NO4S/c1-15(23)14-27-19-11-7-6-10-18(19)21(25)26-16(2)20(24)22-13-12-17-8-4-3-5-9-17/h6-8,10-11,16H,3-5,9,12-14H2,1-2H3,(H,22,24)/t16-/m0/s1. The molecule has 0 saturated heterocycles. The van der Waals surface area contributed by atoms with Crippen LogP contribution in [-0.2, 0) is 14.3 Å². The Morgan fingerprint density at radius 2 is 2.00 bits per heavy atom. The zero-order valence-corrected chi connectivity index (χ0v) is 16.8. The van der Waals surface area contributed by atoms with Gasteiger partial charge in [0, 0.05) is 11.4 Å². The lowest BCUT2D eigenvalue weighted by Crippen LogP contribution is -2.36. The molecule has 0 spiro atoms. The minimum Gasteiger partial charge on any atom is -0.449 e. The number of thioether (sulfide) groups is 1. The maximum absolute atomic E-state index is 12.4. The number of allylic oxidation sites excluding steroid dienone is 1. The van der Waals surface area contributed by atoms with Crippen LogP contribution < -0.4 is 5.32 Å². The Kier molecular flexibility index (Phi) is 8.58. The van der Waals surface area contributed by atoms with Crippen LogP contribution in [0.25, 0.3) is 0 Å². The first-order chi connectivity index (χ1) is 13.0. The van der Waals surface area contributed by atoms with Crippen molar-refractivity contribution >= 4 is 29.4 Å². The lowest BCUT2D eigenvalue weighted by atomic mass is 9.97. The molecule has 1 aliphatic rings. The Labute approximate surface area is 164 Å². The van der Waals surface area contributed by atoms with Gasteiger partial charge in [-0.15, -0.1) is 11.8 Å². The highest BCUT2D eigenvalue weighted by molar-refractivity contribution is 8.00. The van der Waals surface area contributed by atoms with Crippen molar-refractivity contribution in [3.05, 3.63) is 41.5 Å². The molecule has 1 atom stereocenters. The fourth-order valence-corrected chi connectivity index (χ4v) is 3.68. The molecule has 0 bridgehead atoms. The molecule has 1 N–H and O–H groups in total. The van der Waals surface area contributed by atoms with Gasteiger partial charge in [-0.3, -0.25) is 9.59 Å². The van der Waals surface area contributed by atoms with Gasteiger partial charge in [0.05, 0.1) is 11.3 Å². The van der Waals surface area contributed by atoms with E-state index >= 15 is 0 Å². The number of esters is 1. The zero-order valence-electron chi connectivity index (χ0n) is 16.0. The van der Waals surface area contributed by atoms with Crippen LogP contribution in [0.3, 0.4) is 0 Å². The third-order valence-corrected chi connectivity index (χ3v) is 5.54. The van der Waals surface area contributed by atoms with Crippen LogP contribution in [-0.4, -0.2) is 36.1 Å². The number of ether oxygens (including phenoxy) is 1. The number of amides is 1. The van der Waals surface area contributed by atoms with Crippen molar-refractivity contribution in [3.8, 4) is 0 Å². The molecule has 0 radical (unpaired) electrons. The molecule has 0 saturated carbocycles. The van der Waals surface area contributed by atoms with Gasteiger partial charge < -0.3 is 10.1 Å². The van der Waals surface area contributed by atoms with Crippen LogP contribution in [0.15, 0.2) is 40.8 Å². The second kappa shape index (κ2) is 10.9. The number of carbonyl (C=O) groups excluding carboxylic acids is 3. The van der Waals surface area contributed by atoms with Gasteiger partial charge in [-0.25, -0.2) is 4.79 Å². The number of Topliss-reactive ketones (excluding diaryl/α,β-unsaturated/α-hetero) is 1. The van der Waals surface area contributed by atoms with Gasteiger partial charge in [0.2, 0.25) is 0 Å². The topological polar surface area (TPSA) is 72.5 Å². The lowest BCUT2D eigenvalue weighted by molar-refractivity contribution is -0.129. The summed E-state index contributed by atoms with van der Waals surface area (Å²) in [4.78, 5) is 36.5. The van der Waals surface area contributed by atoms with E-state index in [1.165, 1.54) is 37.1 Å². The maximum Gasteiger partial charge on any atom is 0.340 e. The van der Waals surface area contributed by atoms with E-state index in [1.807, 2.05) is 0 Å². The normalized spacial score (nSPS) is 14.8. The number of rotatable bonds is 9. The third-order valence-electron chi connectivity index (χ3n) is 4.32. The molecule has 27 heavy (non-hydrogen) atoms. The van der Waals surface area contributed by atoms with Crippen LogP contribution in [0.1, 0.15) is 56.3 Å². The summed E-state index contributed by atoms with van der Waals surface area (Å²) in [5.41, 5.74) is 1.76. The van der Waals surface area contributed by atoms with E-state index in [1.54, 1.807) is 31.2 Å². The van der Waals surface area contributed by atoms with E-state index in [0.717, 1.165) is 19.3 Å². The second-order valence-electron chi connectivity index (χ2n) is 6.68. The predicted molar refractivity (Wildman–Crippen MR) is 107 cm³/mol. The number of ketones is 1. The van der Waals surface area contributed by atoms with E-state index in [0.29, 0.717) is 17.0 Å². The second-order valence-corrected chi connectivity index (χ2v) is 7.70. The highest BCUT2D eigenvalue weighted by Gasteiger charge is 2.21. The molecule has 1 aromatic rings. The number of carbonyl (C=O) groups is 3. The summed E-state index contributed by atoms with van der Waals surface area (Å²) in [7, 11) is 0. The molecule has 1 aromatic carbocycles. The van der Waals surface area contributed by atoms with Gasteiger partial charge in [-0.2, -0.15) is 0 Å². The van der Waals surface area contributed by atoms with Gasteiger partial charge in [0.1, 0.15) is 5.78 Å². The van der Waals surface area contributed by atoms with E-state index in [-0.39, 0.29) is 17.4 Å². The summed E-state index contributed by atoms with van der Waals surface area (Å²) in [5, 5.41) is 2.83. The molecule has 0 aromatic heterocycles. The van der Waals surface area contributed by atoms with Crippen LogP contribution in [0.4, 0.5) is 0 Å². The highest BCUT2D eigenvalue weighted by Crippen LogP contribution is 2.24. The third kappa shape index (κ3) is 7.21. The van der Waals surface area contributed by atoms with Crippen molar-refractivity contribution in [1.29, 1.82) is 0 Å². The van der Waals surface area contributed by atoms with Gasteiger partial charge in [-0.1, -0.05) is 23.8 Å². The van der Waals surface area contributed by atoms with E-state index in [4.69, 9.17) is 4.74 Å². The number of hydrogen-bond donors (Lipinski definition) is 1. The van der Waals surface area contributed by atoms with E-state index < -0.39 is 12.1 Å². The zero-order chi connectivity index (χ0) is 19.6. The molecule has 6 heteroatoms.